The van der Waals surface area contributed by atoms with Crippen LogP contribution >= 0.6 is 0 Å². The minimum atomic E-state index is 0.0210. The van der Waals surface area contributed by atoms with Crippen molar-refractivity contribution in [3.63, 3.8) is 0 Å². The lowest BCUT2D eigenvalue weighted by molar-refractivity contribution is 0.0644. The first-order chi connectivity index (χ1) is 7.29. The van der Waals surface area contributed by atoms with Gasteiger partial charge >= 0.3 is 0 Å². The van der Waals surface area contributed by atoms with Crippen LogP contribution in [0.3, 0.4) is 0 Å². The van der Waals surface area contributed by atoms with E-state index >= 15 is 0 Å². The standard InChI is InChI=1S/C14H26O/c1-2-11-6-8-12(9-7-11)13-4-3-5-14(15)10-13/h11-15H,2-10H2,1H3. The van der Waals surface area contributed by atoms with Gasteiger partial charge in [-0.05, 0) is 49.9 Å². The first kappa shape index (κ1) is 11.4. The van der Waals surface area contributed by atoms with Crippen molar-refractivity contribution < 1.29 is 5.11 Å². The summed E-state index contributed by atoms with van der Waals surface area (Å²) in [6.07, 6.45) is 12.0. The maximum Gasteiger partial charge on any atom is 0.0543 e. The fourth-order valence-electron chi connectivity index (χ4n) is 3.70. The molecule has 15 heavy (non-hydrogen) atoms. The third-order valence-corrected chi connectivity index (χ3v) is 4.82. The molecule has 2 fully saturated rings. The third kappa shape index (κ3) is 2.96. The molecular weight excluding hydrogens is 184 g/mol. The van der Waals surface area contributed by atoms with E-state index in [-0.39, 0.29) is 6.10 Å². The van der Waals surface area contributed by atoms with Gasteiger partial charge in [-0.25, -0.2) is 0 Å². The van der Waals surface area contributed by atoms with Gasteiger partial charge in [-0.3, -0.25) is 0 Å². The van der Waals surface area contributed by atoms with Crippen LogP contribution in [0.15, 0.2) is 0 Å². The molecule has 2 aliphatic carbocycles. The molecule has 1 N–H and O–H groups in total. The van der Waals surface area contributed by atoms with Crippen LogP contribution in [0.25, 0.3) is 0 Å². The highest BCUT2D eigenvalue weighted by molar-refractivity contribution is 4.81. The number of hydrogen-bond donors (Lipinski definition) is 1. The molecule has 0 heterocycles. The van der Waals surface area contributed by atoms with Crippen LogP contribution in [0.4, 0.5) is 0 Å². The van der Waals surface area contributed by atoms with Gasteiger partial charge in [-0.15, -0.1) is 0 Å². The molecule has 0 radical (unpaired) electrons. The molecule has 0 aromatic carbocycles. The van der Waals surface area contributed by atoms with E-state index in [1.807, 2.05) is 0 Å². The largest absolute Gasteiger partial charge is 0.393 e. The highest BCUT2D eigenvalue weighted by Crippen LogP contribution is 2.40. The van der Waals surface area contributed by atoms with Gasteiger partial charge in [0.25, 0.3) is 0 Å². The summed E-state index contributed by atoms with van der Waals surface area (Å²) in [5, 5.41) is 9.71. The summed E-state index contributed by atoms with van der Waals surface area (Å²) in [6.45, 7) is 2.33. The van der Waals surface area contributed by atoms with Crippen molar-refractivity contribution in [3.8, 4) is 0 Å². The molecule has 0 saturated heterocycles. The molecule has 88 valence electrons. The van der Waals surface area contributed by atoms with Crippen molar-refractivity contribution in [1.82, 2.24) is 0 Å². The van der Waals surface area contributed by atoms with Crippen molar-refractivity contribution in [2.75, 3.05) is 0 Å². The molecule has 0 spiro atoms. The zero-order chi connectivity index (χ0) is 10.7. The monoisotopic (exact) mass is 210 g/mol. The highest BCUT2D eigenvalue weighted by atomic mass is 16.3. The van der Waals surface area contributed by atoms with E-state index < -0.39 is 0 Å². The Labute approximate surface area is 94.3 Å². The Hall–Kier alpha value is -0.0400. The van der Waals surface area contributed by atoms with E-state index in [1.54, 1.807) is 0 Å². The average molecular weight is 210 g/mol. The van der Waals surface area contributed by atoms with Crippen LogP contribution in [-0.2, 0) is 0 Å². The molecule has 2 saturated carbocycles. The lowest BCUT2D eigenvalue weighted by atomic mass is 9.70. The predicted octanol–water partition coefficient (Wildman–Crippen LogP) is 3.75. The Kier molecular flexibility index (Phi) is 4.07. The quantitative estimate of drug-likeness (QED) is 0.736. The summed E-state index contributed by atoms with van der Waals surface area (Å²) in [7, 11) is 0. The highest BCUT2D eigenvalue weighted by Gasteiger charge is 2.30. The van der Waals surface area contributed by atoms with E-state index in [4.69, 9.17) is 0 Å². The van der Waals surface area contributed by atoms with Crippen molar-refractivity contribution >= 4 is 0 Å². The van der Waals surface area contributed by atoms with Crippen LogP contribution in [-0.4, -0.2) is 11.2 Å². The van der Waals surface area contributed by atoms with Crippen LogP contribution in [0, 0.1) is 17.8 Å². The first-order valence-corrected chi connectivity index (χ1v) is 6.97. The number of hydrogen-bond acceptors (Lipinski definition) is 1. The normalized spacial score (nSPS) is 42.8. The van der Waals surface area contributed by atoms with Crippen LogP contribution in [0.1, 0.15) is 64.7 Å². The number of aliphatic hydroxyl groups excluding tert-OH is 1. The summed E-state index contributed by atoms with van der Waals surface area (Å²) in [5.41, 5.74) is 0. The molecule has 0 bridgehead atoms. The smallest absolute Gasteiger partial charge is 0.0543 e. The molecule has 0 aliphatic heterocycles. The average Bonchev–Trinajstić information content (AvgIpc) is 2.29. The summed E-state index contributed by atoms with van der Waals surface area (Å²) in [4.78, 5) is 0. The second-order valence-electron chi connectivity index (χ2n) is 5.77. The van der Waals surface area contributed by atoms with Gasteiger partial charge in [0.05, 0.1) is 6.10 Å². The Bertz CT molecular complexity index is 182. The van der Waals surface area contributed by atoms with Gasteiger partial charge in [-0.1, -0.05) is 32.6 Å². The molecule has 2 atom stereocenters. The molecule has 0 aromatic rings. The summed E-state index contributed by atoms with van der Waals surface area (Å²) in [5.74, 6) is 2.81. The van der Waals surface area contributed by atoms with E-state index in [0.29, 0.717) is 0 Å². The molecule has 1 nitrogen and oxygen atoms in total. The van der Waals surface area contributed by atoms with Crippen molar-refractivity contribution in [2.24, 2.45) is 17.8 Å². The molecule has 1 heteroatoms. The second-order valence-corrected chi connectivity index (χ2v) is 5.77. The fourth-order valence-corrected chi connectivity index (χ4v) is 3.70. The lowest BCUT2D eigenvalue weighted by Crippen LogP contribution is -2.28. The second kappa shape index (κ2) is 5.34. The third-order valence-electron chi connectivity index (χ3n) is 4.82. The number of rotatable bonds is 2. The molecule has 0 amide bonds. The van der Waals surface area contributed by atoms with Crippen LogP contribution < -0.4 is 0 Å². The zero-order valence-corrected chi connectivity index (χ0v) is 10.1. The Balaban J connectivity index is 1.79. The Morgan fingerprint density at radius 3 is 2.27 bits per heavy atom. The van der Waals surface area contributed by atoms with Gasteiger partial charge in [0, 0.05) is 0 Å². The van der Waals surface area contributed by atoms with E-state index in [9.17, 15) is 5.11 Å². The topological polar surface area (TPSA) is 20.2 Å². The summed E-state index contributed by atoms with van der Waals surface area (Å²) in [6, 6.07) is 0. The summed E-state index contributed by atoms with van der Waals surface area (Å²) >= 11 is 0. The summed E-state index contributed by atoms with van der Waals surface area (Å²) < 4.78 is 0. The maximum atomic E-state index is 9.71. The molecule has 0 aromatic heterocycles. The SMILES string of the molecule is CCC1CCC(C2CCCC(O)C2)CC1. The zero-order valence-electron chi connectivity index (χ0n) is 10.1. The predicted molar refractivity (Wildman–Crippen MR) is 63.7 cm³/mol. The first-order valence-electron chi connectivity index (χ1n) is 6.97. The van der Waals surface area contributed by atoms with E-state index in [2.05, 4.69) is 6.92 Å². The van der Waals surface area contributed by atoms with Gasteiger partial charge < -0.3 is 5.11 Å². The van der Waals surface area contributed by atoms with Gasteiger partial charge in [0.1, 0.15) is 0 Å². The molecule has 2 aliphatic rings. The molecular formula is C14H26O. The van der Waals surface area contributed by atoms with Gasteiger partial charge in [0.15, 0.2) is 0 Å². The van der Waals surface area contributed by atoms with Crippen molar-refractivity contribution in [1.29, 1.82) is 0 Å². The van der Waals surface area contributed by atoms with Crippen molar-refractivity contribution in [2.45, 2.75) is 70.8 Å². The van der Waals surface area contributed by atoms with E-state index in [0.717, 1.165) is 30.6 Å². The van der Waals surface area contributed by atoms with Crippen LogP contribution in [0.5, 0.6) is 0 Å². The fraction of sp³-hybridized carbons (Fsp3) is 1.00. The number of aliphatic hydroxyl groups is 1. The molecule has 2 unspecified atom stereocenters. The van der Waals surface area contributed by atoms with Crippen molar-refractivity contribution in [3.05, 3.63) is 0 Å². The van der Waals surface area contributed by atoms with Crippen LogP contribution in [0.2, 0.25) is 0 Å². The van der Waals surface area contributed by atoms with Gasteiger partial charge in [-0.2, -0.15) is 0 Å². The maximum absolute atomic E-state index is 9.71. The van der Waals surface area contributed by atoms with Gasteiger partial charge in [0.2, 0.25) is 0 Å². The van der Waals surface area contributed by atoms with E-state index in [1.165, 1.54) is 44.9 Å². The minimum absolute atomic E-state index is 0.0210. The molecule has 2 rings (SSSR count). The Morgan fingerprint density at radius 1 is 0.933 bits per heavy atom. The lowest BCUT2D eigenvalue weighted by Gasteiger charge is -2.37. The Morgan fingerprint density at radius 2 is 1.67 bits per heavy atom. The minimum Gasteiger partial charge on any atom is -0.393 e.